The Morgan fingerprint density at radius 1 is 1.00 bits per heavy atom. The zero-order valence-electron chi connectivity index (χ0n) is 17.0. The molecule has 0 bridgehead atoms. The fourth-order valence-corrected chi connectivity index (χ4v) is 3.58. The Morgan fingerprint density at radius 3 is 2.44 bits per heavy atom. The highest BCUT2D eigenvalue weighted by molar-refractivity contribution is 5.97. The van der Waals surface area contributed by atoms with Crippen LogP contribution in [-0.2, 0) is 25.6 Å². The summed E-state index contributed by atoms with van der Waals surface area (Å²) >= 11 is 0. The minimum absolute atomic E-state index is 0.0318. The molecule has 3 aromatic rings. The number of halogens is 4. The smallest absolute Gasteiger partial charge is 0.416 e. The fourth-order valence-electron chi connectivity index (χ4n) is 3.58. The van der Waals surface area contributed by atoms with Crippen LogP contribution in [0.25, 0.3) is 0 Å². The molecule has 0 spiro atoms. The summed E-state index contributed by atoms with van der Waals surface area (Å²) in [6, 6.07) is 13.1. The number of carbonyl (C=O) groups is 1. The van der Waals surface area contributed by atoms with Crippen LogP contribution in [0.2, 0.25) is 0 Å². The van der Waals surface area contributed by atoms with Crippen molar-refractivity contribution in [2.75, 3.05) is 13.2 Å². The number of alkyl halides is 3. The molecule has 8 heteroatoms. The van der Waals surface area contributed by atoms with Crippen LogP contribution in [0.3, 0.4) is 0 Å². The monoisotopic (exact) mass is 444 g/mol. The number of amides is 1. The number of aromatic nitrogens is 1. The van der Waals surface area contributed by atoms with E-state index < -0.39 is 17.6 Å². The molecule has 32 heavy (non-hydrogen) atoms. The molecule has 0 radical (unpaired) electrons. The average Bonchev–Trinajstić information content (AvgIpc) is 2.92. The molecular weight excluding hydrogens is 424 g/mol. The Balaban J connectivity index is 1.48. The SMILES string of the molecule is O=C1c2cc(CCc3ccc(C(F)(F)F)cc3)ccc2OCCN1Cc1ncccc1F. The summed E-state index contributed by atoms with van der Waals surface area (Å²) in [5.74, 6) is -0.299. The van der Waals surface area contributed by atoms with Crippen LogP contribution < -0.4 is 4.74 Å². The lowest BCUT2D eigenvalue weighted by Gasteiger charge is -2.19. The van der Waals surface area contributed by atoms with Crippen LogP contribution >= 0.6 is 0 Å². The van der Waals surface area contributed by atoms with E-state index in [1.54, 1.807) is 12.1 Å². The molecule has 2 aromatic carbocycles. The van der Waals surface area contributed by atoms with Gasteiger partial charge in [0, 0.05) is 6.20 Å². The molecule has 166 valence electrons. The second-order valence-corrected chi connectivity index (χ2v) is 7.53. The van der Waals surface area contributed by atoms with E-state index in [1.165, 1.54) is 35.4 Å². The summed E-state index contributed by atoms with van der Waals surface area (Å²) in [6.45, 7) is 0.604. The maximum absolute atomic E-state index is 14.0. The van der Waals surface area contributed by atoms with Gasteiger partial charge in [-0.3, -0.25) is 9.78 Å². The van der Waals surface area contributed by atoms with Gasteiger partial charge in [-0.05, 0) is 60.4 Å². The number of hydrogen-bond donors (Lipinski definition) is 0. The van der Waals surface area contributed by atoms with Crippen LogP contribution in [-0.4, -0.2) is 28.9 Å². The summed E-state index contributed by atoms with van der Waals surface area (Å²) < 4.78 is 57.8. The number of benzene rings is 2. The lowest BCUT2D eigenvalue weighted by atomic mass is 10.0. The van der Waals surface area contributed by atoms with E-state index >= 15 is 0 Å². The minimum atomic E-state index is -4.36. The van der Waals surface area contributed by atoms with E-state index in [0.717, 1.165) is 23.3 Å². The van der Waals surface area contributed by atoms with Crippen molar-refractivity contribution >= 4 is 5.91 Å². The molecule has 0 unspecified atom stereocenters. The Labute approximate surface area is 182 Å². The Kier molecular flexibility index (Phi) is 6.12. The molecule has 0 aliphatic carbocycles. The molecular formula is C24H20F4N2O2. The Morgan fingerprint density at radius 2 is 1.72 bits per heavy atom. The van der Waals surface area contributed by atoms with Crippen molar-refractivity contribution in [1.82, 2.24) is 9.88 Å². The molecule has 0 saturated carbocycles. The first-order valence-corrected chi connectivity index (χ1v) is 10.1. The first-order chi connectivity index (χ1) is 15.3. The van der Waals surface area contributed by atoms with Crippen molar-refractivity contribution in [3.05, 3.63) is 94.6 Å². The van der Waals surface area contributed by atoms with Gasteiger partial charge >= 0.3 is 6.18 Å². The zero-order valence-corrected chi connectivity index (χ0v) is 17.0. The standard InChI is InChI=1S/C24H20F4N2O2/c25-20-2-1-11-29-21(20)15-30-12-13-32-22-10-7-17(14-19(22)23(30)31)4-3-16-5-8-18(9-6-16)24(26,27)28/h1-2,5-11,14H,3-4,12-13,15H2. The molecule has 4 nitrogen and oxygen atoms in total. The van der Waals surface area contributed by atoms with Gasteiger partial charge in [-0.2, -0.15) is 13.2 Å². The third kappa shape index (κ3) is 4.90. The van der Waals surface area contributed by atoms with Gasteiger partial charge in [0.15, 0.2) is 0 Å². The van der Waals surface area contributed by atoms with Crippen molar-refractivity contribution in [3.8, 4) is 5.75 Å². The van der Waals surface area contributed by atoms with E-state index in [1.807, 2.05) is 6.07 Å². The van der Waals surface area contributed by atoms with Crippen molar-refractivity contribution < 1.29 is 27.1 Å². The average molecular weight is 444 g/mol. The quantitative estimate of drug-likeness (QED) is 0.517. The van der Waals surface area contributed by atoms with Crippen LogP contribution in [0.1, 0.15) is 32.7 Å². The number of hydrogen-bond acceptors (Lipinski definition) is 3. The third-order valence-corrected chi connectivity index (χ3v) is 5.34. The van der Waals surface area contributed by atoms with Crippen molar-refractivity contribution in [2.45, 2.75) is 25.6 Å². The van der Waals surface area contributed by atoms with Crippen molar-refractivity contribution in [3.63, 3.8) is 0 Å². The van der Waals surface area contributed by atoms with E-state index in [0.29, 0.717) is 30.7 Å². The summed E-state index contributed by atoms with van der Waals surface area (Å²) in [6.07, 6.45) is -1.82. The number of fused-ring (bicyclic) bond motifs is 1. The topological polar surface area (TPSA) is 42.4 Å². The van der Waals surface area contributed by atoms with E-state index in [-0.39, 0.29) is 24.8 Å². The lowest BCUT2D eigenvalue weighted by Crippen LogP contribution is -2.32. The van der Waals surface area contributed by atoms with Gasteiger partial charge in [0.1, 0.15) is 18.2 Å². The van der Waals surface area contributed by atoms with Gasteiger partial charge in [0.25, 0.3) is 5.91 Å². The largest absolute Gasteiger partial charge is 0.491 e. The molecule has 1 aliphatic rings. The highest BCUT2D eigenvalue weighted by Gasteiger charge is 2.30. The summed E-state index contributed by atoms with van der Waals surface area (Å²) in [7, 11) is 0. The van der Waals surface area contributed by atoms with E-state index in [9.17, 15) is 22.4 Å². The third-order valence-electron chi connectivity index (χ3n) is 5.34. The molecule has 1 aliphatic heterocycles. The van der Waals surface area contributed by atoms with E-state index in [4.69, 9.17) is 4.74 Å². The normalized spacial score (nSPS) is 14.0. The number of carbonyl (C=O) groups excluding carboxylic acids is 1. The highest BCUT2D eigenvalue weighted by Crippen LogP contribution is 2.30. The number of pyridine rings is 1. The number of aryl methyl sites for hydroxylation is 2. The summed E-state index contributed by atoms with van der Waals surface area (Å²) in [5, 5.41) is 0. The second kappa shape index (κ2) is 8.98. The Hall–Kier alpha value is -3.42. The Bertz CT molecular complexity index is 1110. The zero-order chi connectivity index (χ0) is 22.7. The summed E-state index contributed by atoms with van der Waals surface area (Å²) in [4.78, 5) is 18.6. The predicted octanol–water partition coefficient (Wildman–Crippen LogP) is 5.06. The van der Waals surface area contributed by atoms with Crippen molar-refractivity contribution in [1.29, 1.82) is 0 Å². The molecule has 0 atom stereocenters. The maximum atomic E-state index is 14.0. The lowest BCUT2D eigenvalue weighted by molar-refractivity contribution is -0.137. The predicted molar refractivity (Wildman–Crippen MR) is 110 cm³/mol. The summed E-state index contributed by atoms with van der Waals surface area (Å²) in [5.41, 5.74) is 1.50. The van der Waals surface area contributed by atoms with Crippen LogP contribution in [0.5, 0.6) is 5.75 Å². The number of ether oxygens (including phenoxy) is 1. The molecule has 1 aromatic heterocycles. The van der Waals surface area contributed by atoms with Gasteiger partial charge < -0.3 is 9.64 Å². The molecule has 0 fully saturated rings. The van der Waals surface area contributed by atoms with Gasteiger partial charge in [-0.15, -0.1) is 0 Å². The molecule has 0 saturated heterocycles. The maximum Gasteiger partial charge on any atom is 0.416 e. The van der Waals surface area contributed by atoms with Gasteiger partial charge in [0.05, 0.1) is 29.9 Å². The minimum Gasteiger partial charge on any atom is -0.491 e. The first kappa shape index (κ1) is 21.8. The van der Waals surface area contributed by atoms with Gasteiger partial charge in [-0.1, -0.05) is 18.2 Å². The van der Waals surface area contributed by atoms with Gasteiger partial charge in [0.2, 0.25) is 0 Å². The highest BCUT2D eigenvalue weighted by atomic mass is 19.4. The van der Waals surface area contributed by atoms with Crippen LogP contribution in [0.15, 0.2) is 60.8 Å². The van der Waals surface area contributed by atoms with E-state index in [2.05, 4.69) is 4.98 Å². The number of nitrogens with zero attached hydrogens (tertiary/aromatic N) is 2. The van der Waals surface area contributed by atoms with Crippen LogP contribution in [0, 0.1) is 5.82 Å². The van der Waals surface area contributed by atoms with Gasteiger partial charge in [-0.25, -0.2) is 4.39 Å². The molecule has 1 amide bonds. The fraction of sp³-hybridized carbons (Fsp3) is 0.250. The molecule has 4 rings (SSSR count). The molecule has 2 heterocycles. The molecule has 0 N–H and O–H groups in total. The second-order valence-electron chi connectivity index (χ2n) is 7.53. The first-order valence-electron chi connectivity index (χ1n) is 10.1. The van der Waals surface area contributed by atoms with Crippen molar-refractivity contribution in [2.24, 2.45) is 0 Å². The van der Waals surface area contributed by atoms with Crippen LogP contribution in [0.4, 0.5) is 17.6 Å². The number of rotatable bonds is 5.